The lowest BCUT2D eigenvalue weighted by atomic mass is 10.1. The van der Waals surface area contributed by atoms with Crippen LogP contribution in [0, 0.1) is 12.7 Å². The molecule has 27 heavy (non-hydrogen) atoms. The molecule has 0 N–H and O–H groups in total. The van der Waals surface area contributed by atoms with Gasteiger partial charge in [0.2, 0.25) is 0 Å². The topological polar surface area (TPSA) is 46.6 Å². The number of rotatable bonds is 5. The summed E-state index contributed by atoms with van der Waals surface area (Å²) in [5, 5.41) is -0.364. The summed E-state index contributed by atoms with van der Waals surface area (Å²) in [6.45, 7) is 4.12. The van der Waals surface area contributed by atoms with E-state index in [2.05, 4.69) is 0 Å². The average Bonchev–Trinajstić information content (AvgIpc) is 3.11. The first-order valence-electron chi connectivity index (χ1n) is 8.95. The maximum absolute atomic E-state index is 13.3. The van der Waals surface area contributed by atoms with Crippen LogP contribution in [-0.2, 0) is 9.53 Å². The van der Waals surface area contributed by atoms with Gasteiger partial charge in [0, 0.05) is 11.3 Å². The summed E-state index contributed by atoms with van der Waals surface area (Å²) in [6, 6.07) is 12.7. The molecule has 6 heteroatoms. The number of amides is 1. The predicted octanol–water partition coefficient (Wildman–Crippen LogP) is 4.34. The third kappa shape index (κ3) is 4.16. The highest BCUT2D eigenvalue weighted by molar-refractivity contribution is 7.99. The summed E-state index contributed by atoms with van der Waals surface area (Å²) in [5.74, 6) is -0.499. The van der Waals surface area contributed by atoms with Crippen molar-refractivity contribution >= 4 is 23.6 Å². The van der Waals surface area contributed by atoms with Gasteiger partial charge in [-0.2, -0.15) is 0 Å². The van der Waals surface area contributed by atoms with Crippen LogP contribution in [0.2, 0.25) is 0 Å². The highest BCUT2D eigenvalue weighted by atomic mass is 32.2. The van der Waals surface area contributed by atoms with E-state index in [4.69, 9.17) is 4.74 Å². The van der Waals surface area contributed by atoms with E-state index in [1.807, 2.05) is 26.0 Å². The number of ether oxygens (including phenoxy) is 1. The lowest BCUT2D eigenvalue weighted by molar-refractivity contribution is -0.148. The van der Waals surface area contributed by atoms with E-state index >= 15 is 0 Å². The molecular formula is C21H22FNO3S. The summed E-state index contributed by atoms with van der Waals surface area (Å²) in [4.78, 5) is 27.5. The fourth-order valence-corrected chi connectivity index (χ4v) is 4.49. The third-order valence-corrected chi connectivity index (χ3v) is 5.81. The number of benzene rings is 2. The van der Waals surface area contributed by atoms with Gasteiger partial charge in [-0.15, -0.1) is 11.8 Å². The molecular weight excluding hydrogens is 365 g/mol. The zero-order valence-corrected chi connectivity index (χ0v) is 16.2. The predicted molar refractivity (Wildman–Crippen MR) is 104 cm³/mol. The molecule has 0 radical (unpaired) electrons. The molecule has 1 heterocycles. The van der Waals surface area contributed by atoms with E-state index < -0.39 is 12.0 Å². The van der Waals surface area contributed by atoms with Gasteiger partial charge in [-0.3, -0.25) is 4.79 Å². The second kappa shape index (κ2) is 8.57. The van der Waals surface area contributed by atoms with E-state index in [1.165, 1.54) is 23.9 Å². The largest absolute Gasteiger partial charge is 0.464 e. The minimum absolute atomic E-state index is 0.217. The molecule has 0 aliphatic carbocycles. The van der Waals surface area contributed by atoms with Crippen LogP contribution in [0.5, 0.6) is 0 Å². The molecule has 3 rings (SSSR count). The Balaban J connectivity index is 1.96. The Hall–Kier alpha value is -2.34. The van der Waals surface area contributed by atoms with Crippen molar-refractivity contribution in [3.8, 4) is 0 Å². The molecule has 0 saturated carbocycles. The van der Waals surface area contributed by atoms with Crippen molar-refractivity contribution in [2.45, 2.75) is 31.7 Å². The van der Waals surface area contributed by atoms with Crippen LogP contribution >= 0.6 is 11.8 Å². The number of esters is 1. The van der Waals surface area contributed by atoms with Gasteiger partial charge in [0.1, 0.15) is 17.2 Å². The van der Waals surface area contributed by atoms with Gasteiger partial charge in [-0.1, -0.05) is 37.3 Å². The Bertz CT molecular complexity index is 824. The van der Waals surface area contributed by atoms with Crippen LogP contribution in [0.4, 0.5) is 4.39 Å². The van der Waals surface area contributed by atoms with Crippen molar-refractivity contribution < 1.29 is 18.7 Å². The molecule has 2 unspecified atom stereocenters. The molecule has 0 spiro atoms. The van der Waals surface area contributed by atoms with E-state index in [0.29, 0.717) is 17.9 Å². The monoisotopic (exact) mass is 387 g/mol. The van der Waals surface area contributed by atoms with E-state index in [-0.39, 0.29) is 17.1 Å². The van der Waals surface area contributed by atoms with Crippen LogP contribution in [0.1, 0.15) is 40.2 Å². The minimum Gasteiger partial charge on any atom is -0.464 e. The van der Waals surface area contributed by atoms with E-state index in [1.54, 1.807) is 29.2 Å². The number of carbonyl (C=O) groups excluding carboxylic acids is 2. The lowest BCUT2D eigenvalue weighted by Gasteiger charge is -2.29. The van der Waals surface area contributed by atoms with Gasteiger partial charge in [0.05, 0.1) is 6.61 Å². The normalized spacial score (nSPS) is 19.1. The third-order valence-electron chi connectivity index (χ3n) is 4.49. The van der Waals surface area contributed by atoms with Gasteiger partial charge < -0.3 is 9.64 Å². The molecule has 0 bridgehead atoms. The molecule has 1 amide bonds. The molecule has 2 aromatic rings. The van der Waals surface area contributed by atoms with Crippen LogP contribution < -0.4 is 0 Å². The van der Waals surface area contributed by atoms with Gasteiger partial charge >= 0.3 is 5.97 Å². The highest BCUT2D eigenvalue weighted by Crippen LogP contribution is 2.42. The quantitative estimate of drug-likeness (QED) is 0.716. The number of hydrogen-bond donors (Lipinski definition) is 0. The number of nitrogens with zero attached hydrogens (tertiary/aromatic N) is 1. The Morgan fingerprint density at radius 1 is 1.19 bits per heavy atom. The Morgan fingerprint density at radius 2 is 1.89 bits per heavy atom. The van der Waals surface area contributed by atoms with Crippen LogP contribution in [0.25, 0.3) is 0 Å². The lowest BCUT2D eigenvalue weighted by Crippen LogP contribution is -2.44. The van der Waals surface area contributed by atoms with Gasteiger partial charge in [-0.25, -0.2) is 9.18 Å². The van der Waals surface area contributed by atoms with E-state index in [9.17, 15) is 14.0 Å². The van der Waals surface area contributed by atoms with Gasteiger partial charge in [0.25, 0.3) is 5.91 Å². The Labute approximate surface area is 162 Å². The summed E-state index contributed by atoms with van der Waals surface area (Å²) in [7, 11) is 0. The summed E-state index contributed by atoms with van der Waals surface area (Å²) in [5.41, 5.74) is 2.19. The zero-order chi connectivity index (χ0) is 19.4. The highest BCUT2D eigenvalue weighted by Gasteiger charge is 2.43. The maximum Gasteiger partial charge on any atom is 0.329 e. The van der Waals surface area contributed by atoms with Gasteiger partial charge in [-0.05, 0) is 42.7 Å². The summed E-state index contributed by atoms with van der Waals surface area (Å²) < 4.78 is 18.6. The molecule has 2 aromatic carbocycles. The standard InChI is InChI=1S/C21H22FNO3S/c1-3-12-26-21(25)18-13-27-20(15-8-10-16(22)11-9-15)23(18)19(24)17-7-5-4-6-14(17)2/h4-11,18,20H,3,12-13H2,1-2H3. The van der Waals surface area contributed by atoms with Crippen molar-refractivity contribution in [1.82, 2.24) is 4.90 Å². The number of aryl methyl sites for hydroxylation is 1. The molecule has 1 fully saturated rings. The summed E-state index contributed by atoms with van der Waals surface area (Å²) >= 11 is 1.49. The van der Waals surface area contributed by atoms with Crippen LogP contribution in [0.3, 0.4) is 0 Å². The maximum atomic E-state index is 13.3. The average molecular weight is 387 g/mol. The fraction of sp³-hybridized carbons (Fsp3) is 0.333. The fourth-order valence-electron chi connectivity index (χ4n) is 3.07. The summed E-state index contributed by atoms with van der Waals surface area (Å²) in [6.07, 6.45) is 0.721. The molecule has 1 saturated heterocycles. The molecule has 0 aromatic heterocycles. The van der Waals surface area contributed by atoms with Crippen molar-refractivity contribution in [2.24, 2.45) is 0 Å². The zero-order valence-electron chi connectivity index (χ0n) is 15.4. The Kier molecular flexibility index (Phi) is 6.16. The number of carbonyl (C=O) groups is 2. The number of halogens is 1. The van der Waals surface area contributed by atoms with E-state index in [0.717, 1.165) is 17.5 Å². The second-order valence-corrected chi connectivity index (χ2v) is 7.56. The molecule has 2 atom stereocenters. The second-order valence-electron chi connectivity index (χ2n) is 6.45. The minimum atomic E-state index is -0.663. The number of hydrogen-bond acceptors (Lipinski definition) is 4. The van der Waals surface area contributed by atoms with Crippen LogP contribution in [-0.4, -0.2) is 35.2 Å². The van der Waals surface area contributed by atoms with Crippen molar-refractivity contribution in [3.05, 3.63) is 71.0 Å². The number of thioether (sulfide) groups is 1. The van der Waals surface area contributed by atoms with Gasteiger partial charge in [0.15, 0.2) is 0 Å². The first-order chi connectivity index (χ1) is 13.0. The molecule has 4 nitrogen and oxygen atoms in total. The molecule has 1 aliphatic heterocycles. The first-order valence-corrected chi connectivity index (χ1v) is 9.99. The molecule has 1 aliphatic rings. The molecule has 142 valence electrons. The van der Waals surface area contributed by atoms with Crippen molar-refractivity contribution in [2.75, 3.05) is 12.4 Å². The first kappa shape index (κ1) is 19.4. The Morgan fingerprint density at radius 3 is 2.56 bits per heavy atom. The SMILES string of the molecule is CCCOC(=O)C1CSC(c2ccc(F)cc2)N1C(=O)c1ccccc1C. The smallest absolute Gasteiger partial charge is 0.329 e. The van der Waals surface area contributed by atoms with Crippen molar-refractivity contribution in [1.29, 1.82) is 0 Å². The van der Waals surface area contributed by atoms with Crippen molar-refractivity contribution in [3.63, 3.8) is 0 Å². The van der Waals surface area contributed by atoms with Crippen LogP contribution in [0.15, 0.2) is 48.5 Å².